The summed E-state index contributed by atoms with van der Waals surface area (Å²) in [7, 11) is 0. The van der Waals surface area contributed by atoms with Crippen LogP contribution < -0.4 is 0 Å². The number of carbonyl (C=O) groups is 4. The number of esters is 2. The Morgan fingerprint density at radius 3 is 1.60 bits per heavy atom. The van der Waals surface area contributed by atoms with E-state index in [2.05, 4.69) is 19.7 Å². The molecule has 0 N–H and O–H groups in total. The number of carbonyl (C=O) groups excluding carboxylic acids is 4. The van der Waals surface area contributed by atoms with Crippen molar-refractivity contribution in [1.29, 1.82) is 0 Å². The predicted octanol–water partition coefficient (Wildman–Crippen LogP) is 10.8. The van der Waals surface area contributed by atoms with Crippen molar-refractivity contribution in [2.75, 3.05) is 6.61 Å². The molecule has 0 aliphatic heterocycles. The standard InChI is InChI=1S/C43H32O6S2.C2H4/c1-3-4-6-15-28(2)26-48-42(46)30-18-9-11-22-34(30)50-36-24-13-20-32-38(36)40(44)33-21-14-25-37(39(33)41(32)45)51-35-23-12-10-19-31(35)43(47)49-27-29-16-7-5-8-17-29;1-2/h3-25H,2,26-27H2,1H3;1-2H2/b4-3-,15-6-;. The van der Waals surface area contributed by atoms with Crippen LogP contribution in [0.3, 0.4) is 0 Å². The molecule has 0 heterocycles. The largest absolute Gasteiger partial charge is 0.457 e. The molecule has 0 unspecified atom stereocenters. The van der Waals surface area contributed by atoms with Crippen LogP contribution in [0.5, 0.6) is 0 Å². The Labute approximate surface area is 317 Å². The van der Waals surface area contributed by atoms with Crippen molar-refractivity contribution in [3.05, 3.63) is 204 Å². The Morgan fingerprint density at radius 1 is 0.604 bits per heavy atom. The van der Waals surface area contributed by atoms with E-state index in [0.717, 1.165) is 5.56 Å². The van der Waals surface area contributed by atoms with Gasteiger partial charge >= 0.3 is 11.9 Å². The molecule has 1 aliphatic rings. The van der Waals surface area contributed by atoms with Gasteiger partial charge in [0, 0.05) is 41.8 Å². The van der Waals surface area contributed by atoms with Crippen molar-refractivity contribution in [2.24, 2.45) is 0 Å². The van der Waals surface area contributed by atoms with Crippen molar-refractivity contribution in [2.45, 2.75) is 33.1 Å². The molecule has 1 aliphatic carbocycles. The highest BCUT2D eigenvalue weighted by atomic mass is 32.2. The van der Waals surface area contributed by atoms with E-state index in [0.29, 0.717) is 36.3 Å². The molecule has 0 aromatic heterocycles. The van der Waals surface area contributed by atoms with Gasteiger partial charge in [0.2, 0.25) is 0 Å². The lowest BCUT2D eigenvalue weighted by atomic mass is 9.84. The van der Waals surface area contributed by atoms with E-state index < -0.39 is 11.9 Å². The van der Waals surface area contributed by atoms with Crippen molar-refractivity contribution >= 4 is 47.0 Å². The highest BCUT2D eigenvalue weighted by Crippen LogP contribution is 2.42. The van der Waals surface area contributed by atoms with Gasteiger partial charge in [-0.3, -0.25) is 9.59 Å². The Balaban J connectivity index is 0.00000266. The minimum atomic E-state index is -0.526. The van der Waals surface area contributed by atoms with Crippen LogP contribution in [0.1, 0.15) is 65.0 Å². The van der Waals surface area contributed by atoms with Gasteiger partial charge in [0.05, 0.1) is 11.1 Å². The fourth-order valence-electron chi connectivity index (χ4n) is 5.42. The minimum Gasteiger partial charge on any atom is -0.457 e. The fourth-order valence-corrected chi connectivity index (χ4v) is 7.61. The molecule has 8 heteroatoms. The lowest BCUT2D eigenvalue weighted by Gasteiger charge is -2.22. The Hall–Kier alpha value is -5.96. The molecule has 0 saturated carbocycles. The van der Waals surface area contributed by atoms with Crippen LogP contribution >= 0.6 is 23.5 Å². The number of ether oxygens (including phenoxy) is 2. The summed E-state index contributed by atoms with van der Waals surface area (Å²) in [6, 6.07) is 33.7. The quantitative estimate of drug-likeness (QED) is 0.0697. The summed E-state index contributed by atoms with van der Waals surface area (Å²) in [6.07, 6.45) is 7.33. The van der Waals surface area contributed by atoms with Crippen molar-refractivity contribution < 1.29 is 28.7 Å². The molecule has 6 rings (SSSR count). The summed E-state index contributed by atoms with van der Waals surface area (Å²) < 4.78 is 11.1. The first-order chi connectivity index (χ1) is 25.9. The minimum absolute atomic E-state index is 0.0239. The molecule has 5 aromatic carbocycles. The summed E-state index contributed by atoms with van der Waals surface area (Å²) in [5.74, 6) is -1.62. The monoisotopic (exact) mass is 736 g/mol. The maximum absolute atomic E-state index is 14.2. The van der Waals surface area contributed by atoms with Crippen LogP contribution in [0.4, 0.5) is 0 Å². The predicted molar refractivity (Wildman–Crippen MR) is 211 cm³/mol. The lowest BCUT2D eigenvalue weighted by Crippen LogP contribution is -2.22. The second-order valence-corrected chi connectivity index (χ2v) is 13.6. The molecule has 0 fully saturated rings. The normalized spacial score (nSPS) is 11.7. The van der Waals surface area contributed by atoms with E-state index in [1.54, 1.807) is 84.9 Å². The molecule has 0 spiro atoms. The summed E-state index contributed by atoms with van der Waals surface area (Å²) >= 11 is 2.47. The molecule has 53 heavy (non-hydrogen) atoms. The first-order valence-corrected chi connectivity index (χ1v) is 18.2. The summed E-state index contributed by atoms with van der Waals surface area (Å²) in [4.78, 5) is 57.0. The van der Waals surface area contributed by atoms with Gasteiger partial charge < -0.3 is 9.47 Å². The lowest BCUT2D eigenvalue weighted by molar-refractivity contribution is 0.0467. The SMILES string of the molecule is C=C.C=C(/C=C\C=C/C)COC(=O)c1ccccc1Sc1cccc2c1C(=O)c1cccc(Sc3ccccc3C(=O)OCc3ccccc3)c1C2=O. The molecule has 0 saturated heterocycles. The first-order valence-electron chi connectivity index (χ1n) is 16.6. The van der Waals surface area contributed by atoms with Crippen LogP contribution in [0.25, 0.3) is 0 Å². The maximum Gasteiger partial charge on any atom is 0.339 e. The van der Waals surface area contributed by atoms with Crippen LogP contribution in [0.15, 0.2) is 184 Å². The second-order valence-electron chi connectivity index (χ2n) is 11.4. The maximum atomic E-state index is 14.2. The highest BCUT2D eigenvalue weighted by Gasteiger charge is 2.34. The number of fused-ring (bicyclic) bond motifs is 2. The van der Waals surface area contributed by atoms with Crippen molar-refractivity contribution in [1.82, 2.24) is 0 Å². The number of allylic oxidation sites excluding steroid dienone is 3. The molecule has 0 amide bonds. The van der Waals surface area contributed by atoms with Gasteiger partial charge in [-0.05, 0) is 54.5 Å². The molecular weight excluding hydrogens is 701 g/mol. The summed E-state index contributed by atoms with van der Waals surface area (Å²) in [5.41, 5.74) is 3.29. The Morgan fingerprint density at radius 2 is 1.08 bits per heavy atom. The van der Waals surface area contributed by atoms with Gasteiger partial charge in [0.15, 0.2) is 11.6 Å². The average Bonchev–Trinajstić information content (AvgIpc) is 3.19. The van der Waals surface area contributed by atoms with Crippen molar-refractivity contribution in [3.8, 4) is 0 Å². The number of hydrogen-bond acceptors (Lipinski definition) is 8. The van der Waals surface area contributed by atoms with E-state index in [-0.39, 0.29) is 47.0 Å². The van der Waals surface area contributed by atoms with E-state index >= 15 is 0 Å². The van der Waals surface area contributed by atoms with Crippen LogP contribution in [-0.2, 0) is 16.1 Å². The zero-order valence-electron chi connectivity index (χ0n) is 29.1. The van der Waals surface area contributed by atoms with Gasteiger partial charge in [-0.15, -0.1) is 13.2 Å². The Bertz CT molecular complexity index is 2240. The van der Waals surface area contributed by atoms with E-state index in [9.17, 15) is 19.2 Å². The van der Waals surface area contributed by atoms with Crippen molar-refractivity contribution in [3.63, 3.8) is 0 Å². The Kier molecular flexibility index (Phi) is 13.4. The molecule has 264 valence electrons. The summed E-state index contributed by atoms with van der Waals surface area (Å²) in [6.45, 7) is 12.0. The third-order valence-corrected chi connectivity index (χ3v) is 10.2. The summed E-state index contributed by atoms with van der Waals surface area (Å²) in [5, 5.41) is 0. The number of hydrogen-bond donors (Lipinski definition) is 0. The van der Waals surface area contributed by atoms with E-state index in [1.165, 1.54) is 23.5 Å². The molecule has 5 aromatic rings. The van der Waals surface area contributed by atoms with Gasteiger partial charge in [-0.25, -0.2) is 9.59 Å². The molecule has 0 atom stereocenters. The van der Waals surface area contributed by atoms with Gasteiger partial charge in [-0.1, -0.05) is 133 Å². The first kappa shape index (κ1) is 38.3. The molecule has 0 radical (unpaired) electrons. The van der Waals surface area contributed by atoms with Gasteiger partial charge in [0.1, 0.15) is 13.2 Å². The smallest absolute Gasteiger partial charge is 0.339 e. The van der Waals surface area contributed by atoms with Gasteiger partial charge in [-0.2, -0.15) is 0 Å². The number of ketones is 2. The van der Waals surface area contributed by atoms with E-state index in [4.69, 9.17) is 9.47 Å². The topological polar surface area (TPSA) is 86.7 Å². The zero-order chi connectivity index (χ0) is 37.7. The fraction of sp³-hybridized carbons (Fsp3) is 0.0667. The average molecular weight is 737 g/mol. The number of benzene rings is 5. The molecule has 0 bridgehead atoms. The highest BCUT2D eigenvalue weighted by molar-refractivity contribution is 7.99. The van der Waals surface area contributed by atoms with E-state index in [1.807, 2.05) is 61.5 Å². The van der Waals surface area contributed by atoms with Gasteiger partial charge in [0.25, 0.3) is 0 Å². The third kappa shape index (κ3) is 9.10. The zero-order valence-corrected chi connectivity index (χ0v) is 30.7. The number of rotatable bonds is 12. The molecular formula is C45H36O6S2. The van der Waals surface area contributed by atoms with Crippen LogP contribution in [-0.4, -0.2) is 30.1 Å². The second kappa shape index (κ2) is 18.5. The molecule has 6 nitrogen and oxygen atoms in total. The third-order valence-electron chi connectivity index (χ3n) is 7.89. The van der Waals surface area contributed by atoms with Crippen LogP contribution in [0.2, 0.25) is 0 Å². The van der Waals surface area contributed by atoms with Crippen LogP contribution in [0, 0.1) is 0 Å².